The zero-order chi connectivity index (χ0) is 19.8. The molecule has 2 atom stereocenters. The summed E-state index contributed by atoms with van der Waals surface area (Å²) in [6, 6.07) is 6.22. The van der Waals surface area contributed by atoms with E-state index in [-0.39, 0.29) is 18.0 Å². The first-order valence-corrected chi connectivity index (χ1v) is 10.7. The van der Waals surface area contributed by atoms with Gasteiger partial charge < -0.3 is 10.0 Å². The van der Waals surface area contributed by atoms with Gasteiger partial charge in [-0.25, -0.2) is 0 Å². The molecule has 3 heterocycles. The van der Waals surface area contributed by atoms with Gasteiger partial charge >= 0.3 is 0 Å². The smallest absolute Gasteiger partial charge is 0.224 e. The molecule has 2 saturated heterocycles. The summed E-state index contributed by atoms with van der Waals surface area (Å²) in [7, 11) is 1.92. The van der Waals surface area contributed by atoms with Crippen molar-refractivity contribution in [2.45, 2.75) is 75.5 Å². The van der Waals surface area contributed by atoms with Crippen LogP contribution in [0.1, 0.15) is 58.1 Å². The maximum absolute atomic E-state index is 13.4. The molecule has 4 bridgehead atoms. The highest BCUT2D eigenvalue weighted by Gasteiger charge is 2.55. The molecule has 0 radical (unpaired) electrons. The van der Waals surface area contributed by atoms with E-state index in [2.05, 4.69) is 18.7 Å². The molecule has 4 fully saturated rings. The molecule has 28 heavy (non-hydrogen) atoms. The lowest BCUT2D eigenvalue weighted by molar-refractivity contribution is -0.175. The predicted octanol–water partition coefficient (Wildman–Crippen LogP) is 3.80. The zero-order valence-electron chi connectivity index (χ0n) is 16.8. The number of amides is 1. The van der Waals surface area contributed by atoms with E-state index < -0.39 is 11.0 Å². The molecule has 1 aromatic carbocycles. The highest BCUT2D eigenvalue weighted by molar-refractivity contribution is 6.35. The molecule has 2 aliphatic heterocycles. The molecule has 150 valence electrons. The van der Waals surface area contributed by atoms with Crippen LogP contribution in [0.4, 0.5) is 0 Å². The molecule has 1 aromatic heterocycles. The Kier molecular flexibility index (Phi) is 3.92. The minimum atomic E-state index is -0.534. The van der Waals surface area contributed by atoms with Crippen molar-refractivity contribution >= 4 is 28.4 Å². The fourth-order valence-corrected chi connectivity index (χ4v) is 6.55. The Morgan fingerprint density at radius 2 is 1.96 bits per heavy atom. The molecule has 1 amide bonds. The Bertz CT molecular complexity index is 950. The largest absolute Gasteiger partial charge is 0.390 e. The third-order valence-corrected chi connectivity index (χ3v) is 7.56. The molecule has 2 aliphatic carbocycles. The summed E-state index contributed by atoms with van der Waals surface area (Å²) in [6.45, 7) is 4.17. The first-order valence-electron chi connectivity index (χ1n) is 10.3. The maximum atomic E-state index is 13.4. The number of halogens is 1. The number of fused-ring (bicyclic) bond motifs is 1. The summed E-state index contributed by atoms with van der Waals surface area (Å²) in [5.41, 5.74) is 0.911. The number of aliphatic hydroxyl groups is 1. The zero-order valence-corrected chi connectivity index (χ0v) is 17.5. The number of aryl methyl sites for hydroxylation is 1. The molecule has 2 aromatic rings. The van der Waals surface area contributed by atoms with Crippen molar-refractivity contribution in [3.8, 4) is 0 Å². The summed E-state index contributed by atoms with van der Waals surface area (Å²) in [5, 5.41) is 17.2. The molecule has 6 heteroatoms. The van der Waals surface area contributed by atoms with Crippen molar-refractivity contribution in [2.75, 3.05) is 0 Å². The standard InChI is InChI=1S/C22H28ClN3O2/c1-21(2,20-19-16(23)5-4-6-17(19)25(3)24-20)12-18(27)26-14-7-13-8-15(26)11-22(28,9-13)10-14/h4-6,13-15,28H,7-12H2,1-3H3. The third-order valence-electron chi connectivity index (χ3n) is 7.25. The highest BCUT2D eigenvalue weighted by atomic mass is 35.5. The number of carbonyl (C=O) groups is 1. The first-order chi connectivity index (χ1) is 13.2. The number of piperidine rings is 2. The Hall–Kier alpha value is -1.59. The molecule has 1 N–H and O–H groups in total. The van der Waals surface area contributed by atoms with Crippen molar-refractivity contribution in [2.24, 2.45) is 13.0 Å². The Morgan fingerprint density at radius 1 is 1.29 bits per heavy atom. The Labute approximate surface area is 170 Å². The van der Waals surface area contributed by atoms with E-state index in [1.165, 1.54) is 0 Å². The topological polar surface area (TPSA) is 58.4 Å². The summed E-state index contributed by atoms with van der Waals surface area (Å²) in [6.07, 6.45) is 4.90. The lowest BCUT2D eigenvalue weighted by Crippen LogP contribution is -2.66. The number of hydrogen-bond acceptors (Lipinski definition) is 3. The molecule has 0 spiro atoms. The van der Waals surface area contributed by atoms with Crippen molar-refractivity contribution in [3.63, 3.8) is 0 Å². The maximum Gasteiger partial charge on any atom is 0.224 e. The van der Waals surface area contributed by atoms with Crippen LogP contribution in [0.15, 0.2) is 18.2 Å². The van der Waals surface area contributed by atoms with Crippen LogP contribution in [0.5, 0.6) is 0 Å². The van der Waals surface area contributed by atoms with Gasteiger partial charge in [-0.1, -0.05) is 31.5 Å². The number of benzene rings is 1. The molecule has 5 nitrogen and oxygen atoms in total. The lowest BCUT2D eigenvalue weighted by Gasteiger charge is -2.60. The first kappa shape index (κ1) is 18.4. The summed E-state index contributed by atoms with van der Waals surface area (Å²) in [5.74, 6) is 0.770. The van der Waals surface area contributed by atoms with Gasteiger partial charge in [-0.15, -0.1) is 0 Å². The van der Waals surface area contributed by atoms with Crippen molar-refractivity contribution in [1.82, 2.24) is 14.7 Å². The summed E-state index contributed by atoms with van der Waals surface area (Å²) >= 11 is 6.50. The quantitative estimate of drug-likeness (QED) is 0.850. The monoisotopic (exact) mass is 401 g/mol. The van der Waals surface area contributed by atoms with Crippen LogP contribution in [0, 0.1) is 5.92 Å². The van der Waals surface area contributed by atoms with Gasteiger partial charge in [0.25, 0.3) is 0 Å². The lowest BCUT2D eigenvalue weighted by atomic mass is 9.61. The number of aromatic nitrogens is 2. The average Bonchev–Trinajstić information content (AvgIpc) is 2.92. The van der Waals surface area contributed by atoms with E-state index in [0.29, 0.717) is 17.4 Å². The fourth-order valence-electron chi connectivity index (χ4n) is 6.29. The minimum Gasteiger partial charge on any atom is -0.390 e. The molecule has 4 aliphatic rings. The normalized spacial score (nSPS) is 31.8. The van der Waals surface area contributed by atoms with Crippen LogP contribution >= 0.6 is 11.6 Å². The van der Waals surface area contributed by atoms with E-state index in [9.17, 15) is 9.90 Å². The van der Waals surface area contributed by atoms with Gasteiger partial charge in [0.15, 0.2) is 0 Å². The predicted molar refractivity (Wildman–Crippen MR) is 109 cm³/mol. The average molecular weight is 402 g/mol. The molecule has 2 unspecified atom stereocenters. The second-order valence-corrected chi connectivity index (χ2v) is 10.4. The number of rotatable bonds is 3. The second kappa shape index (κ2) is 5.96. The van der Waals surface area contributed by atoms with Crippen molar-refractivity contribution in [3.05, 3.63) is 28.9 Å². The van der Waals surface area contributed by atoms with Crippen LogP contribution in [-0.2, 0) is 17.3 Å². The van der Waals surface area contributed by atoms with E-state index >= 15 is 0 Å². The Morgan fingerprint density at radius 3 is 2.61 bits per heavy atom. The fraction of sp³-hybridized carbons (Fsp3) is 0.636. The van der Waals surface area contributed by atoms with Crippen LogP contribution in [0.25, 0.3) is 10.9 Å². The molecule has 6 rings (SSSR count). The van der Waals surface area contributed by atoms with Gasteiger partial charge in [0.1, 0.15) is 0 Å². The molecular formula is C22H28ClN3O2. The van der Waals surface area contributed by atoms with Gasteiger partial charge in [-0.2, -0.15) is 5.10 Å². The van der Waals surface area contributed by atoms with Crippen LogP contribution in [0.2, 0.25) is 5.02 Å². The van der Waals surface area contributed by atoms with Crippen molar-refractivity contribution in [1.29, 1.82) is 0 Å². The minimum absolute atomic E-state index is 0.188. The summed E-state index contributed by atoms with van der Waals surface area (Å²) in [4.78, 5) is 15.5. The Balaban J connectivity index is 1.44. The number of carbonyl (C=O) groups excluding carboxylic acids is 1. The molecular weight excluding hydrogens is 374 g/mol. The van der Waals surface area contributed by atoms with Crippen LogP contribution in [-0.4, -0.2) is 43.4 Å². The van der Waals surface area contributed by atoms with E-state index in [4.69, 9.17) is 16.7 Å². The van der Waals surface area contributed by atoms with Gasteiger partial charge in [0.2, 0.25) is 5.91 Å². The van der Waals surface area contributed by atoms with Gasteiger partial charge in [0.05, 0.1) is 21.8 Å². The van der Waals surface area contributed by atoms with Gasteiger partial charge in [-0.3, -0.25) is 9.48 Å². The second-order valence-electron chi connectivity index (χ2n) is 9.95. The van der Waals surface area contributed by atoms with E-state index in [1.807, 2.05) is 29.9 Å². The van der Waals surface area contributed by atoms with Crippen molar-refractivity contribution < 1.29 is 9.90 Å². The van der Waals surface area contributed by atoms with Gasteiger partial charge in [0, 0.05) is 36.4 Å². The summed E-state index contributed by atoms with van der Waals surface area (Å²) < 4.78 is 1.85. The molecule has 2 saturated carbocycles. The third kappa shape index (κ3) is 2.70. The van der Waals surface area contributed by atoms with E-state index in [0.717, 1.165) is 48.7 Å². The number of hydrogen-bond donors (Lipinski definition) is 1. The highest BCUT2D eigenvalue weighted by Crippen LogP contribution is 2.52. The number of nitrogens with zero attached hydrogens (tertiary/aromatic N) is 3. The van der Waals surface area contributed by atoms with E-state index in [1.54, 1.807) is 0 Å². The van der Waals surface area contributed by atoms with Gasteiger partial charge in [-0.05, 0) is 50.2 Å². The van der Waals surface area contributed by atoms with Crippen LogP contribution < -0.4 is 0 Å². The SMILES string of the molecule is Cn1nc(C(C)(C)CC(=O)N2C3CC4CC2CC(O)(C4)C3)c2c(Cl)cccc21. The van der Waals surface area contributed by atoms with Crippen LogP contribution in [0.3, 0.4) is 0 Å².